The van der Waals surface area contributed by atoms with Crippen LogP contribution in [0.15, 0.2) is 16.5 Å². The first kappa shape index (κ1) is 11.8. The van der Waals surface area contributed by atoms with Gasteiger partial charge in [-0.3, -0.25) is 0 Å². The molecule has 17 heavy (non-hydrogen) atoms. The number of nitrogen functional groups attached to an aromatic ring is 1. The van der Waals surface area contributed by atoms with Crippen LogP contribution in [0, 0.1) is 13.8 Å². The lowest BCUT2D eigenvalue weighted by Crippen LogP contribution is -1.91. The van der Waals surface area contributed by atoms with Gasteiger partial charge in [-0.15, -0.1) is 0 Å². The van der Waals surface area contributed by atoms with Gasteiger partial charge in [0.05, 0.1) is 12.1 Å². The van der Waals surface area contributed by atoms with E-state index in [1.54, 1.807) is 13.2 Å². The predicted octanol–water partition coefficient (Wildman–Crippen LogP) is 3.20. The van der Waals surface area contributed by atoms with Crippen molar-refractivity contribution in [3.05, 3.63) is 28.5 Å². The van der Waals surface area contributed by atoms with Crippen LogP contribution < -0.4 is 10.5 Å². The Hall–Kier alpha value is -1.68. The van der Waals surface area contributed by atoms with Gasteiger partial charge in [0, 0.05) is 5.56 Å². The number of aromatic nitrogens is 1. The molecule has 0 unspecified atom stereocenters. The lowest BCUT2D eigenvalue weighted by atomic mass is 10.0. The van der Waals surface area contributed by atoms with Crippen LogP contribution in [-0.4, -0.2) is 12.1 Å². The Morgan fingerprint density at radius 3 is 2.59 bits per heavy atom. The van der Waals surface area contributed by atoms with Gasteiger partial charge in [0.2, 0.25) is 0 Å². The SMILES string of the molecule is COc1cc(C)c(-c2nc(N)oc2C)cc1Cl. The number of aryl methyl sites for hydroxylation is 2. The third kappa shape index (κ3) is 2.08. The largest absolute Gasteiger partial charge is 0.495 e. The molecule has 1 aromatic carbocycles. The molecule has 0 saturated heterocycles. The van der Waals surface area contributed by atoms with Crippen LogP contribution in [0.1, 0.15) is 11.3 Å². The van der Waals surface area contributed by atoms with Gasteiger partial charge < -0.3 is 14.9 Å². The summed E-state index contributed by atoms with van der Waals surface area (Å²) in [5, 5.41) is 0.536. The monoisotopic (exact) mass is 252 g/mol. The predicted molar refractivity (Wildman–Crippen MR) is 67.4 cm³/mol. The number of rotatable bonds is 2. The molecule has 0 atom stereocenters. The first-order valence-electron chi connectivity index (χ1n) is 5.10. The Morgan fingerprint density at radius 2 is 2.06 bits per heavy atom. The molecule has 0 aliphatic rings. The average molecular weight is 253 g/mol. The van der Waals surface area contributed by atoms with Crippen molar-refractivity contribution in [2.75, 3.05) is 12.8 Å². The van der Waals surface area contributed by atoms with Gasteiger partial charge in [-0.05, 0) is 31.5 Å². The molecule has 0 radical (unpaired) electrons. The van der Waals surface area contributed by atoms with E-state index in [4.69, 9.17) is 26.5 Å². The van der Waals surface area contributed by atoms with E-state index in [1.165, 1.54) is 0 Å². The summed E-state index contributed by atoms with van der Waals surface area (Å²) < 4.78 is 10.4. The Labute approximate surface area is 104 Å². The summed E-state index contributed by atoms with van der Waals surface area (Å²) in [4.78, 5) is 4.15. The second-order valence-electron chi connectivity index (χ2n) is 3.76. The third-order valence-electron chi connectivity index (χ3n) is 2.57. The molecule has 2 N–H and O–H groups in total. The topological polar surface area (TPSA) is 61.3 Å². The first-order valence-corrected chi connectivity index (χ1v) is 5.48. The number of hydrogen-bond acceptors (Lipinski definition) is 4. The molecule has 2 aromatic rings. The quantitative estimate of drug-likeness (QED) is 0.892. The number of oxazole rings is 1. The van der Waals surface area contributed by atoms with Gasteiger partial charge in [0.1, 0.15) is 17.2 Å². The van der Waals surface area contributed by atoms with Crippen LogP contribution in [-0.2, 0) is 0 Å². The fraction of sp³-hybridized carbons (Fsp3) is 0.250. The number of halogens is 1. The van der Waals surface area contributed by atoms with Crippen LogP contribution in [0.2, 0.25) is 5.02 Å². The van der Waals surface area contributed by atoms with E-state index in [-0.39, 0.29) is 6.01 Å². The highest BCUT2D eigenvalue weighted by Crippen LogP contribution is 2.34. The zero-order valence-electron chi connectivity index (χ0n) is 9.87. The molecule has 0 fully saturated rings. The van der Waals surface area contributed by atoms with Crippen molar-refractivity contribution in [3.8, 4) is 17.0 Å². The van der Waals surface area contributed by atoms with Crippen LogP contribution in [0.3, 0.4) is 0 Å². The number of nitrogens with zero attached hydrogens (tertiary/aromatic N) is 1. The van der Waals surface area contributed by atoms with Gasteiger partial charge in [-0.2, -0.15) is 4.98 Å². The van der Waals surface area contributed by atoms with Crippen LogP contribution in [0.4, 0.5) is 6.01 Å². The van der Waals surface area contributed by atoms with Gasteiger partial charge in [-0.1, -0.05) is 11.6 Å². The molecule has 1 heterocycles. The zero-order valence-corrected chi connectivity index (χ0v) is 10.6. The summed E-state index contributed by atoms with van der Waals surface area (Å²) in [7, 11) is 1.58. The standard InChI is InChI=1S/C12H13ClN2O2/c1-6-4-10(16-3)9(13)5-8(6)11-7(2)17-12(14)15-11/h4-5H,1-3H3,(H2,14,15). The summed E-state index contributed by atoms with van der Waals surface area (Å²) in [6.45, 7) is 3.77. The Kier molecular flexibility index (Phi) is 2.98. The third-order valence-corrected chi connectivity index (χ3v) is 2.86. The minimum absolute atomic E-state index is 0.156. The Balaban J connectivity index is 2.60. The summed E-state index contributed by atoms with van der Waals surface area (Å²) >= 11 is 6.10. The highest BCUT2D eigenvalue weighted by atomic mass is 35.5. The van der Waals surface area contributed by atoms with Crippen LogP contribution in [0.25, 0.3) is 11.3 Å². The number of nitrogens with two attached hydrogens (primary N) is 1. The van der Waals surface area contributed by atoms with Gasteiger partial charge in [-0.25, -0.2) is 0 Å². The minimum atomic E-state index is 0.156. The molecule has 0 bridgehead atoms. The fourth-order valence-corrected chi connectivity index (χ4v) is 1.97. The van der Waals surface area contributed by atoms with E-state index < -0.39 is 0 Å². The molecular formula is C12H13ClN2O2. The van der Waals surface area contributed by atoms with E-state index in [2.05, 4.69) is 4.98 Å². The molecule has 5 heteroatoms. The average Bonchev–Trinajstić information content (AvgIpc) is 2.60. The van der Waals surface area contributed by atoms with Gasteiger partial charge in [0.25, 0.3) is 6.01 Å². The molecule has 1 aromatic heterocycles. The summed E-state index contributed by atoms with van der Waals surface area (Å²) in [5.74, 6) is 1.31. The highest BCUT2D eigenvalue weighted by molar-refractivity contribution is 6.32. The molecule has 90 valence electrons. The van der Waals surface area contributed by atoms with Gasteiger partial charge >= 0.3 is 0 Å². The minimum Gasteiger partial charge on any atom is -0.495 e. The second-order valence-corrected chi connectivity index (χ2v) is 4.17. The van der Waals surface area contributed by atoms with E-state index in [0.717, 1.165) is 11.1 Å². The number of ether oxygens (including phenoxy) is 1. The van der Waals surface area contributed by atoms with Crippen molar-refractivity contribution in [3.63, 3.8) is 0 Å². The maximum atomic E-state index is 6.10. The van der Waals surface area contributed by atoms with Crippen molar-refractivity contribution in [2.45, 2.75) is 13.8 Å². The van der Waals surface area contributed by atoms with Crippen molar-refractivity contribution in [1.29, 1.82) is 0 Å². The lowest BCUT2D eigenvalue weighted by molar-refractivity contribution is 0.415. The van der Waals surface area contributed by atoms with Gasteiger partial charge in [0.15, 0.2) is 0 Å². The van der Waals surface area contributed by atoms with E-state index in [1.807, 2.05) is 19.9 Å². The molecule has 0 saturated carbocycles. The van der Waals surface area contributed by atoms with Crippen molar-refractivity contribution < 1.29 is 9.15 Å². The maximum Gasteiger partial charge on any atom is 0.292 e. The zero-order chi connectivity index (χ0) is 12.6. The number of methoxy groups -OCH3 is 1. The normalized spacial score (nSPS) is 10.6. The molecule has 4 nitrogen and oxygen atoms in total. The van der Waals surface area contributed by atoms with Crippen molar-refractivity contribution >= 4 is 17.6 Å². The number of benzene rings is 1. The van der Waals surface area contributed by atoms with Crippen LogP contribution >= 0.6 is 11.6 Å². The van der Waals surface area contributed by atoms with E-state index >= 15 is 0 Å². The summed E-state index contributed by atoms with van der Waals surface area (Å²) in [6.07, 6.45) is 0. The molecule has 2 rings (SSSR count). The maximum absolute atomic E-state index is 6.10. The molecule has 0 spiro atoms. The molecule has 0 aliphatic heterocycles. The molecule has 0 aliphatic carbocycles. The molecular weight excluding hydrogens is 240 g/mol. The summed E-state index contributed by atoms with van der Waals surface area (Å²) in [6, 6.07) is 3.82. The smallest absolute Gasteiger partial charge is 0.292 e. The Morgan fingerprint density at radius 1 is 1.35 bits per heavy atom. The van der Waals surface area contributed by atoms with Crippen molar-refractivity contribution in [1.82, 2.24) is 4.98 Å². The fourth-order valence-electron chi connectivity index (χ4n) is 1.73. The van der Waals surface area contributed by atoms with Crippen LogP contribution in [0.5, 0.6) is 5.75 Å². The second kappa shape index (κ2) is 4.30. The highest BCUT2D eigenvalue weighted by Gasteiger charge is 2.14. The number of hydrogen-bond donors (Lipinski definition) is 1. The van der Waals surface area contributed by atoms with E-state index in [0.29, 0.717) is 22.2 Å². The summed E-state index contributed by atoms with van der Waals surface area (Å²) in [5.41, 5.74) is 8.14. The van der Waals surface area contributed by atoms with Crippen molar-refractivity contribution in [2.24, 2.45) is 0 Å². The Bertz CT molecular complexity index is 564. The number of anilines is 1. The lowest BCUT2D eigenvalue weighted by Gasteiger charge is -2.08. The van der Waals surface area contributed by atoms with E-state index in [9.17, 15) is 0 Å². The molecule has 0 amide bonds. The first-order chi connectivity index (χ1) is 8.02.